The maximum atomic E-state index is 13.1. The number of hydrogen-bond donors (Lipinski definition) is 3. The highest BCUT2D eigenvalue weighted by Crippen LogP contribution is 2.37. The molecule has 1 fully saturated rings. The topological polar surface area (TPSA) is 144 Å². The Morgan fingerprint density at radius 2 is 1.71 bits per heavy atom. The molecule has 0 saturated heterocycles. The number of hydrogen-bond acceptors (Lipinski definition) is 9. The second-order valence-corrected chi connectivity index (χ2v) is 14.8. The summed E-state index contributed by atoms with van der Waals surface area (Å²) in [5.41, 5.74) is 2.70. The van der Waals surface area contributed by atoms with Crippen LogP contribution < -0.4 is 20.1 Å². The second-order valence-electron chi connectivity index (χ2n) is 12.7. The third-order valence-corrected chi connectivity index (χ3v) is 9.67. The van der Waals surface area contributed by atoms with E-state index >= 15 is 0 Å². The van der Waals surface area contributed by atoms with E-state index < -0.39 is 15.6 Å². The minimum Gasteiger partial charge on any atom is -0.444 e. The summed E-state index contributed by atoms with van der Waals surface area (Å²) in [6.07, 6.45) is 6.86. The Hall–Kier alpha value is -4.42. The van der Waals surface area contributed by atoms with E-state index in [9.17, 15) is 13.2 Å². The third kappa shape index (κ3) is 8.93. The number of carbonyl (C=O) groups is 1. The van der Waals surface area contributed by atoms with Crippen molar-refractivity contribution in [3.05, 3.63) is 83.1 Å². The van der Waals surface area contributed by atoms with Crippen molar-refractivity contribution in [3.63, 3.8) is 0 Å². The fourth-order valence-electron chi connectivity index (χ4n) is 5.57. The van der Waals surface area contributed by atoms with Crippen molar-refractivity contribution in [3.8, 4) is 22.9 Å². The first-order valence-corrected chi connectivity index (χ1v) is 17.8. The van der Waals surface area contributed by atoms with Crippen LogP contribution in [0.5, 0.6) is 11.6 Å². The summed E-state index contributed by atoms with van der Waals surface area (Å²) < 4.78 is 40.6. The quantitative estimate of drug-likeness (QED) is 0.151. The van der Waals surface area contributed by atoms with Gasteiger partial charge in [0.1, 0.15) is 16.2 Å². The highest BCUT2D eigenvalue weighted by Gasteiger charge is 2.26. The molecular weight excluding hydrogens is 652 g/mol. The first kappa shape index (κ1) is 34.9. The van der Waals surface area contributed by atoms with Crippen molar-refractivity contribution in [2.45, 2.75) is 89.3 Å². The lowest BCUT2D eigenvalue weighted by Crippen LogP contribution is -2.42. The van der Waals surface area contributed by atoms with Crippen LogP contribution in [0.15, 0.2) is 71.9 Å². The Morgan fingerprint density at radius 1 is 0.979 bits per heavy atom. The first-order chi connectivity index (χ1) is 22.8. The monoisotopic (exact) mass is 692 g/mol. The summed E-state index contributed by atoms with van der Waals surface area (Å²) in [7, 11) is -3.91. The summed E-state index contributed by atoms with van der Waals surface area (Å²) in [6, 6.07) is 15.5. The first-order valence-electron chi connectivity index (χ1n) is 15.9. The van der Waals surface area contributed by atoms with Crippen molar-refractivity contribution >= 4 is 39.4 Å². The molecule has 1 aliphatic rings. The van der Waals surface area contributed by atoms with E-state index in [0.29, 0.717) is 40.9 Å². The number of ether oxygens (including phenoxy) is 2. The van der Waals surface area contributed by atoms with Crippen LogP contribution in [0.2, 0.25) is 5.02 Å². The van der Waals surface area contributed by atoms with Gasteiger partial charge in [-0.15, -0.1) is 0 Å². The maximum absolute atomic E-state index is 13.1. The van der Waals surface area contributed by atoms with Crippen molar-refractivity contribution in [2.24, 2.45) is 0 Å². The predicted octanol–water partition coefficient (Wildman–Crippen LogP) is 7.90. The van der Waals surface area contributed by atoms with Crippen molar-refractivity contribution in [1.82, 2.24) is 20.3 Å². The molecule has 1 aliphatic carbocycles. The summed E-state index contributed by atoms with van der Waals surface area (Å²) in [4.78, 5) is 25.9. The number of aryl methyl sites for hydroxylation is 2. The van der Waals surface area contributed by atoms with Gasteiger partial charge in [0.2, 0.25) is 11.8 Å². The van der Waals surface area contributed by atoms with Crippen LogP contribution in [0, 0.1) is 6.92 Å². The highest BCUT2D eigenvalue weighted by molar-refractivity contribution is 7.92. The largest absolute Gasteiger partial charge is 0.444 e. The number of rotatable bonds is 10. The zero-order valence-corrected chi connectivity index (χ0v) is 29.3. The minimum absolute atomic E-state index is 0.00224. The smallest absolute Gasteiger partial charge is 0.407 e. The number of halogens is 1. The Kier molecular flexibility index (Phi) is 10.7. The Bertz CT molecular complexity index is 1870. The number of anilines is 2. The van der Waals surface area contributed by atoms with Crippen LogP contribution >= 0.6 is 11.6 Å². The molecule has 254 valence electrons. The van der Waals surface area contributed by atoms with E-state index in [0.717, 1.165) is 36.8 Å². The molecule has 2 aromatic carbocycles. The molecule has 0 atom stereocenters. The molecule has 0 radical (unpaired) electrons. The number of pyridine rings is 1. The van der Waals surface area contributed by atoms with Gasteiger partial charge in [0.05, 0.1) is 16.3 Å². The van der Waals surface area contributed by atoms with Crippen molar-refractivity contribution < 1.29 is 22.7 Å². The number of aromatic nitrogens is 3. The Labute approximate surface area is 286 Å². The van der Waals surface area contributed by atoms with E-state index in [1.807, 2.05) is 46.8 Å². The molecule has 1 saturated carbocycles. The molecule has 11 nitrogen and oxygen atoms in total. The van der Waals surface area contributed by atoms with Crippen LogP contribution in [-0.4, -0.2) is 47.1 Å². The van der Waals surface area contributed by atoms with E-state index in [-0.39, 0.29) is 28.1 Å². The van der Waals surface area contributed by atoms with E-state index in [2.05, 4.69) is 25.3 Å². The summed E-state index contributed by atoms with van der Waals surface area (Å²) in [5.74, 6) is 1.44. The van der Waals surface area contributed by atoms with Gasteiger partial charge in [-0.05, 0) is 113 Å². The third-order valence-electron chi connectivity index (χ3n) is 7.79. The fourth-order valence-corrected chi connectivity index (χ4v) is 7.13. The lowest BCUT2D eigenvalue weighted by molar-refractivity contribution is 0.0492. The summed E-state index contributed by atoms with van der Waals surface area (Å²) >= 11 is 6.16. The normalized spacial score (nSPS) is 16.5. The van der Waals surface area contributed by atoms with Gasteiger partial charge < -0.3 is 20.1 Å². The van der Waals surface area contributed by atoms with Gasteiger partial charge >= 0.3 is 6.09 Å². The number of nitrogens with zero attached hydrogens (tertiary/aromatic N) is 3. The standard InChI is InChI=1S/C35H41ClN6O5S/c1-6-23-21-26(42-48(44,45)30-12-8-7-11-28(30)36)20-22(2)31(23)46-32-27(10-9-18-37-32)29-17-19-38-33(41-29)39-24-13-15-25(16-14-24)40-34(43)47-35(3,4)5/h7-12,17-21,24-25,42H,6,13-16H2,1-5H3,(H,40,43)(H,38,39,41). The number of carbonyl (C=O) groups excluding carboxylic acids is 1. The summed E-state index contributed by atoms with van der Waals surface area (Å²) in [5, 5.41) is 6.56. The van der Waals surface area contributed by atoms with E-state index in [1.165, 1.54) is 12.1 Å². The minimum atomic E-state index is -3.91. The van der Waals surface area contributed by atoms with E-state index in [4.69, 9.17) is 26.1 Å². The molecule has 0 aliphatic heterocycles. The van der Waals surface area contributed by atoms with Crippen LogP contribution in [-0.2, 0) is 21.2 Å². The Balaban J connectivity index is 1.29. The lowest BCUT2D eigenvalue weighted by atomic mass is 9.91. The SMILES string of the molecule is CCc1cc(NS(=O)(=O)c2ccccc2Cl)cc(C)c1Oc1ncccc1-c1ccnc(NC2CCC(NC(=O)OC(C)(C)C)CC2)n1. The molecule has 2 heterocycles. The molecule has 5 rings (SSSR count). The molecule has 13 heteroatoms. The van der Waals surface area contributed by atoms with Crippen LogP contribution in [0.3, 0.4) is 0 Å². The number of alkyl carbamates (subject to hydrolysis) is 1. The molecule has 2 aromatic heterocycles. The zero-order valence-electron chi connectivity index (χ0n) is 27.7. The molecule has 0 bridgehead atoms. The number of amides is 1. The fraction of sp³-hybridized carbons (Fsp3) is 0.371. The molecule has 1 amide bonds. The summed E-state index contributed by atoms with van der Waals surface area (Å²) in [6.45, 7) is 9.37. The lowest BCUT2D eigenvalue weighted by Gasteiger charge is -2.30. The predicted molar refractivity (Wildman–Crippen MR) is 187 cm³/mol. The van der Waals surface area contributed by atoms with Gasteiger partial charge in [-0.2, -0.15) is 0 Å². The number of sulfonamides is 1. The number of nitrogens with one attached hydrogen (secondary N) is 3. The van der Waals surface area contributed by atoms with Gasteiger partial charge in [0, 0.05) is 30.2 Å². The maximum Gasteiger partial charge on any atom is 0.407 e. The Morgan fingerprint density at radius 3 is 2.42 bits per heavy atom. The number of benzene rings is 2. The van der Waals surface area contributed by atoms with Gasteiger partial charge in [0.15, 0.2) is 0 Å². The van der Waals surface area contributed by atoms with E-state index in [1.54, 1.807) is 42.7 Å². The van der Waals surface area contributed by atoms with Gasteiger partial charge in [0.25, 0.3) is 10.0 Å². The van der Waals surface area contributed by atoms with Gasteiger partial charge in [-0.25, -0.2) is 28.2 Å². The van der Waals surface area contributed by atoms with Gasteiger partial charge in [-0.3, -0.25) is 4.72 Å². The van der Waals surface area contributed by atoms with Crippen LogP contribution in [0.4, 0.5) is 16.4 Å². The highest BCUT2D eigenvalue weighted by atomic mass is 35.5. The molecule has 4 aromatic rings. The molecule has 48 heavy (non-hydrogen) atoms. The molecule has 3 N–H and O–H groups in total. The second kappa shape index (κ2) is 14.8. The van der Waals surface area contributed by atoms with Crippen LogP contribution in [0.25, 0.3) is 11.3 Å². The van der Waals surface area contributed by atoms with Gasteiger partial charge in [-0.1, -0.05) is 30.7 Å². The average molecular weight is 693 g/mol. The van der Waals surface area contributed by atoms with Crippen molar-refractivity contribution in [1.29, 1.82) is 0 Å². The zero-order chi connectivity index (χ0) is 34.5. The van der Waals surface area contributed by atoms with Crippen LogP contribution in [0.1, 0.15) is 64.5 Å². The average Bonchev–Trinajstić information content (AvgIpc) is 3.02. The molecular formula is C35H41ClN6O5S. The molecule has 0 unspecified atom stereocenters. The molecule has 0 spiro atoms. The van der Waals surface area contributed by atoms with Crippen molar-refractivity contribution in [2.75, 3.05) is 10.0 Å².